The Balaban J connectivity index is 1.55. The number of β-amino-alcohol motifs (C(OH)–C–C–N with tert-alkyl or cyclic N) is 1. The van der Waals surface area contributed by atoms with Crippen molar-refractivity contribution in [2.45, 2.75) is 32.3 Å². The molecule has 128 valence electrons. The molecule has 7 nitrogen and oxygen atoms in total. The third kappa shape index (κ3) is 3.73. The number of benzene rings is 1. The maximum Gasteiger partial charge on any atom is 0.228 e. The Morgan fingerprint density at radius 2 is 2.25 bits per heavy atom. The number of amides is 1. The van der Waals surface area contributed by atoms with Crippen molar-refractivity contribution < 1.29 is 19.3 Å². The lowest BCUT2D eigenvalue weighted by atomic mass is 10.1. The zero-order valence-electron chi connectivity index (χ0n) is 13.9. The van der Waals surface area contributed by atoms with E-state index in [-0.39, 0.29) is 25.5 Å². The molecule has 0 aliphatic carbocycles. The number of aliphatic hydroxyl groups is 1. The quantitative estimate of drug-likeness (QED) is 0.887. The Morgan fingerprint density at radius 1 is 1.42 bits per heavy atom. The molecule has 2 aromatic rings. The second kappa shape index (κ2) is 6.60. The molecule has 24 heavy (non-hydrogen) atoms. The Morgan fingerprint density at radius 3 is 2.96 bits per heavy atom. The van der Waals surface area contributed by atoms with Crippen LogP contribution < -0.4 is 4.74 Å². The van der Waals surface area contributed by atoms with E-state index in [1.54, 1.807) is 11.8 Å². The van der Waals surface area contributed by atoms with Gasteiger partial charge in [0, 0.05) is 6.54 Å². The Bertz CT molecular complexity index is 730. The van der Waals surface area contributed by atoms with Crippen molar-refractivity contribution in [2.24, 2.45) is 0 Å². The molecule has 1 aliphatic rings. The second-order valence-corrected chi connectivity index (χ2v) is 6.37. The van der Waals surface area contributed by atoms with Crippen molar-refractivity contribution in [3.63, 3.8) is 0 Å². The molecule has 1 saturated heterocycles. The number of carbonyl (C=O) groups is 1. The number of hydrogen-bond acceptors (Lipinski definition) is 6. The van der Waals surface area contributed by atoms with E-state index >= 15 is 0 Å². The van der Waals surface area contributed by atoms with E-state index in [1.165, 1.54) is 0 Å². The van der Waals surface area contributed by atoms with Crippen molar-refractivity contribution in [3.05, 3.63) is 41.2 Å². The summed E-state index contributed by atoms with van der Waals surface area (Å²) in [5.41, 5.74) is 1.21. The van der Waals surface area contributed by atoms with Gasteiger partial charge in [-0.25, -0.2) is 4.63 Å². The summed E-state index contributed by atoms with van der Waals surface area (Å²) in [6.07, 6.45) is 0.616. The van der Waals surface area contributed by atoms with E-state index in [2.05, 4.69) is 14.9 Å². The highest BCUT2D eigenvalue weighted by atomic mass is 16.6. The van der Waals surface area contributed by atoms with E-state index in [0.717, 1.165) is 11.3 Å². The molecule has 3 rings (SSSR count). The molecule has 1 aromatic carbocycles. The molecule has 2 heterocycles. The molecule has 1 N–H and O–H groups in total. The summed E-state index contributed by atoms with van der Waals surface area (Å²) in [6, 6.07) is 7.67. The summed E-state index contributed by atoms with van der Waals surface area (Å²) in [4.78, 5) is 14.0. The number of hydrogen-bond donors (Lipinski definition) is 1. The number of aromatic nitrogens is 2. The maximum atomic E-state index is 12.3. The van der Waals surface area contributed by atoms with Crippen molar-refractivity contribution in [3.8, 4) is 5.75 Å². The average Bonchev–Trinajstić information content (AvgIpc) is 3.13. The minimum Gasteiger partial charge on any atom is -0.491 e. The molecule has 1 aliphatic heterocycles. The van der Waals surface area contributed by atoms with Gasteiger partial charge in [-0.15, -0.1) is 0 Å². The summed E-state index contributed by atoms with van der Waals surface area (Å²) in [5.74, 6) is 0.623. The second-order valence-electron chi connectivity index (χ2n) is 6.37. The van der Waals surface area contributed by atoms with Crippen molar-refractivity contribution in [2.75, 3.05) is 19.7 Å². The summed E-state index contributed by atoms with van der Waals surface area (Å²) in [7, 11) is 0. The molecule has 7 heteroatoms. The summed E-state index contributed by atoms with van der Waals surface area (Å²) < 4.78 is 10.3. The van der Waals surface area contributed by atoms with Gasteiger partial charge in [0.05, 0.1) is 13.0 Å². The van der Waals surface area contributed by atoms with Crippen LogP contribution in [0.2, 0.25) is 0 Å². The zero-order valence-corrected chi connectivity index (χ0v) is 13.9. The lowest BCUT2D eigenvalue weighted by molar-refractivity contribution is -0.130. The first-order valence-electron chi connectivity index (χ1n) is 7.93. The number of likely N-dealkylation sites (tertiary alicyclic amines) is 1. The fourth-order valence-electron chi connectivity index (χ4n) is 2.77. The van der Waals surface area contributed by atoms with Gasteiger partial charge in [0.1, 0.15) is 29.3 Å². The van der Waals surface area contributed by atoms with Crippen LogP contribution in [0.3, 0.4) is 0 Å². The van der Waals surface area contributed by atoms with Crippen LogP contribution in [0.15, 0.2) is 28.9 Å². The first kappa shape index (κ1) is 16.4. The lowest BCUT2D eigenvalue weighted by Gasteiger charge is -2.23. The predicted octanol–water partition coefficient (Wildman–Crippen LogP) is 1.27. The van der Waals surface area contributed by atoms with Crippen LogP contribution >= 0.6 is 0 Å². The van der Waals surface area contributed by atoms with Crippen LogP contribution in [-0.4, -0.2) is 51.5 Å². The van der Waals surface area contributed by atoms with Gasteiger partial charge < -0.3 is 14.7 Å². The molecular weight excluding hydrogens is 310 g/mol. The van der Waals surface area contributed by atoms with Crippen LogP contribution in [0.1, 0.15) is 23.4 Å². The van der Waals surface area contributed by atoms with Gasteiger partial charge in [-0.1, -0.05) is 22.4 Å². The Hall–Kier alpha value is -2.41. The van der Waals surface area contributed by atoms with Gasteiger partial charge in [0.2, 0.25) is 5.91 Å². The molecule has 1 aromatic heterocycles. The molecule has 1 atom stereocenters. The van der Waals surface area contributed by atoms with Gasteiger partial charge in [0.15, 0.2) is 0 Å². The fourth-order valence-corrected chi connectivity index (χ4v) is 2.77. The summed E-state index contributed by atoms with van der Waals surface area (Å²) >= 11 is 0. The molecular formula is C17H21N3O4. The third-order valence-electron chi connectivity index (χ3n) is 4.25. The van der Waals surface area contributed by atoms with Crippen LogP contribution in [0.25, 0.3) is 0 Å². The van der Waals surface area contributed by atoms with Crippen LogP contribution in [-0.2, 0) is 11.2 Å². The topological polar surface area (TPSA) is 88.7 Å². The van der Waals surface area contributed by atoms with Gasteiger partial charge in [-0.05, 0) is 38.0 Å². The lowest BCUT2D eigenvalue weighted by Crippen LogP contribution is -2.41. The number of carbonyl (C=O) groups excluding carboxylic acids is 1. The Labute approximate surface area is 140 Å². The van der Waals surface area contributed by atoms with Gasteiger partial charge >= 0.3 is 0 Å². The number of ether oxygens (including phenoxy) is 1. The van der Waals surface area contributed by atoms with Crippen molar-refractivity contribution in [1.29, 1.82) is 0 Å². The largest absolute Gasteiger partial charge is 0.491 e. The Kier molecular flexibility index (Phi) is 4.53. The SMILES string of the molecule is Cc1cccc(OC[C@@]2(O)CCN(C(=O)Cc3nonc3C)C2)c1. The van der Waals surface area contributed by atoms with E-state index < -0.39 is 5.60 Å². The maximum absolute atomic E-state index is 12.3. The summed E-state index contributed by atoms with van der Waals surface area (Å²) in [6.45, 7) is 4.64. The number of nitrogens with zero attached hydrogens (tertiary/aromatic N) is 3. The smallest absolute Gasteiger partial charge is 0.228 e. The highest BCUT2D eigenvalue weighted by molar-refractivity contribution is 5.78. The molecule has 1 fully saturated rings. The van der Waals surface area contributed by atoms with Gasteiger partial charge in [-0.2, -0.15) is 0 Å². The fraction of sp³-hybridized carbons (Fsp3) is 0.471. The van der Waals surface area contributed by atoms with Crippen LogP contribution in [0, 0.1) is 13.8 Å². The van der Waals surface area contributed by atoms with E-state index in [4.69, 9.17) is 4.74 Å². The molecule has 0 unspecified atom stereocenters. The van der Waals surface area contributed by atoms with E-state index in [0.29, 0.717) is 24.4 Å². The van der Waals surface area contributed by atoms with Crippen molar-refractivity contribution >= 4 is 5.91 Å². The van der Waals surface area contributed by atoms with E-state index in [1.807, 2.05) is 31.2 Å². The number of rotatable bonds is 5. The third-order valence-corrected chi connectivity index (χ3v) is 4.25. The molecule has 1 amide bonds. The van der Waals surface area contributed by atoms with Crippen molar-refractivity contribution in [1.82, 2.24) is 15.2 Å². The van der Waals surface area contributed by atoms with Gasteiger partial charge in [-0.3, -0.25) is 4.79 Å². The minimum absolute atomic E-state index is 0.0970. The molecule has 0 saturated carbocycles. The first-order chi connectivity index (χ1) is 11.5. The predicted molar refractivity (Wildman–Crippen MR) is 85.6 cm³/mol. The minimum atomic E-state index is -1.03. The molecule has 0 spiro atoms. The van der Waals surface area contributed by atoms with Crippen LogP contribution in [0.4, 0.5) is 0 Å². The van der Waals surface area contributed by atoms with Crippen LogP contribution in [0.5, 0.6) is 5.75 Å². The number of aryl methyl sites for hydroxylation is 2. The first-order valence-corrected chi connectivity index (χ1v) is 7.93. The normalized spacial score (nSPS) is 20.4. The molecule has 0 radical (unpaired) electrons. The van der Waals surface area contributed by atoms with Gasteiger partial charge in [0.25, 0.3) is 0 Å². The average molecular weight is 331 g/mol. The highest BCUT2D eigenvalue weighted by Gasteiger charge is 2.39. The zero-order chi connectivity index (χ0) is 17.2. The summed E-state index contributed by atoms with van der Waals surface area (Å²) in [5, 5.41) is 18.1. The highest BCUT2D eigenvalue weighted by Crippen LogP contribution is 2.24. The monoisotopic (exact) mass is 331 g/mol. The standard InChI is InChI=1S/C17H21N3O4/c1-12-4-3-5-14(8-12)23-11-17(22)6-7-20(10-17)16(21)9-15-13(2)18-24-19-15/h3-5,8,22H,6-7,9-11H2,1-2H3/t17-/m1/s1. The molecule has 0 bridgehead atoms. The van der Waals surface area contributed by atoms with E-state index in [9.17, 15) is 9.90 Å².